The van der Waals surface area contributed by atoms with E-state index in [2.05, 4.69) is 6.07 Å². The summed E-state index contributed by atoms with van der Waals surface area (Å²) in [5, 5.41) is 8.27. The van der Waals surface area contributed by atoms with Crippen LogP contribution in [-0.4, -0.2) is 19.9 Å². The SMILES string of the molecule is CCS(=O)(=O)CC.F.N#CCc1ccccc1. The van der Waals surface area contributed by atoms with Crippen molar-refractivity contribution in [3.8, 4) is 6.07 Å². The fraction of sp³-hybridized carbons (Fsp3) is 0.417. The minimum absolute atomic E-state index is 0. The molecule has 0 aliphatic carbocycles. The smallest absolute Gasteiger partial charge is 0.149 e. The van der Waals surface area contributed by atoms with Gasteiger partial charge in [0.25, 0.3) is 0 Å². The summed E-state index contributed by atoms with van der Waals surface area (Å²) < 4.78 is 20.7. The third kappa shape index (κ3) is 9.52. The molecule has 0 bridgehead atoms. The van der Waals surface area contributed by atoms with Gasteiger partial charge in [-0.05, 0) is 5.56 Å². The maximum atomic E-state index is 10.4. The second-order valence-corrected chi connectivity index (χ2v) is 5.78. The van der Waals surface area contributed by atoms with E-state index in [4.69, 9.17) is 5.26 Å². The molecule has 0 saturated carbocycles. The van der Waals surface area contributed by atoms with Gasteiger partial charge >= 0.3 is 0 Å². The lowest BCUT2D eigenvalue weighted by Gasteiger charge is -1.89. The zero-order chi connectivity index (χ0) is 12.4. The normalized spacial score (nSPS) is 9.24. The van der Waals surface area contributed by atoms with E-state index in [0.29, 0.717) is 6.42 Å². The van der Waals surface area contributed by atoms with Crippen molar-refractivity contribution in [2.24, 2.45) is 0 Å². The quantitative estimate of drug-likeness (QED) is 0.837. The van der Waals surface area contributed by atoms with Crippen LogP contribution in [0.25, 0.3) is 0 Å². The number of rotatable bonds is 3. The Morgan fingerprint density at radius 2 is 1.59 bits per heavy atom. The van der Waals surface area contributed by atoms with Crippen LogP contribution >= 0.6 is 0 Å². The Morgan fingerprint density at radius 3 is 1.88 bits per heavy atom. The number of benzene rings is 1. The summed E-state index contributed by atoms with van der Waals surface area (Å²) in [5.74, 6) is 0.535. The summed E-state index contributed by atoms with van der Waals surface area (Å²) in [6, 6.07) is 11.8. The summed E-state index contributed by atoms with van der Waals surface area (Å²) in [6.45, 7) is 3.30. The van der Waals surface area contributed by atoms with Crippen LogP contribution in [-0.2, 0) is 16.3 Å². The van der Waals surface area contributed by atoms with E-state index in [-0.39, 0.29) is 16.2 Å². The molecule has 96 valence electrons. The Morgan fingerprint density at radius 1 is 1.12 bits per heavy atom. The Bertz CT molecular complexity index is 414. The highest BCUT2D eigenvalue weighted by Gasteiger charge is 1.99. The molecule has 0 spiro atoms. The topological polar surface area (TPSA) is 57.9 Å². The fourth-order valence-electron chi connectivity index (χ4n) is 0.891. The molecular formula is C12H18FNO2S. The summed E-state index contributed by atoms with van der Waals surface area (Å²) in [5.41, 5.74) is 1.08. The number of sulfone groups is 1. The molecule has 0 atom stereocenters. The molecule has 0 aromatic heterocycles. The molecule has 1 rings (SSSR count). The van der Waals surface area contributed by atoms with Crippen molar-refractivity contribution in [3.05, 3.63) is 35.9 Å². The molecule has 0 aliphatic rings. The van der Waals surface area contributed by atoms with E-state index in [9.17, 15) is 8.42 Å². The molecule has 0 fully saturated rings. The van der Waals surface area contributed by atoms with E-state index in [0.717, 1.165) is 5.56 Å². The molecule has 1 aromatic rings. The second kappa shape index (κ2) is 9.79. The van der Waals surface area contributed by atoms with Crippen molar-refractivity contribution < 1.29 is 13.1 Å². The van der Waals surface area contributed by atoms with Crippen molar-refractivity contribution in [1.82, 2.24) is 0 Å². The summed E-state index contributed by atoms with van der Waals surface area (Å²) >= 11 is 0. The van der Waals surface area contributed by atoms with Gasteiger partial charge in [-0.2, -0.15) is 5.26 Å². The highest BCUT2D eigenvalue weighted by Crippen LogP contribution is 1.97. The molecule has 0 saturated heterocycles. The maximum Gasteiger partial charge on any atom is 0.149 e. The zero-order valence-electron chi connectivity index (χ0n) is 10.1. The van der Waals surface area contributed by atoms with Crippen LogP contribution in [0.5, 0.6) is 0 Å². The van der Waals surface area contributed by atoms with E-state index in [1.54, 1.807) is 13.8 Å². The minimum atomic E-state index is -2.66. The summed E-state index contributed by atoms with van der Waals surface area (Å²) in [4.78, 5) is 0. The molecule has 3 nitrogen and oxygen atoms in total. The first-order valence-electron chi connectivity index (χ1n) is 5.17. The second-order valence-electron chi connectivity index (χ2n) is 3.14. The third-order valence-corrected chi connectivity index (χ3v) is 3.76. The van der Waals surface area contributed by atoms with Gasteiger partial charge in [-0.25, -0.2) is 8.42 Å². The highest BCUT2D eigenvalue weighted by molar-refractivity contribution is 7.91. The fourth-order valence-corrected chi connectivity index (χ4v) is 1.30. The van der Waals surface area contributed by atoms with Crippen LogP contribution in [0.15, 0.2) is 30.3 Å². The van der Waals surface area contributed by atoms with Crippen molar-refractivity contribution >= 4 is 9.84 Å². The van der Waals surface area contributed by atoms with Gasteiger partial charge in [0.05, 0.1) is 12.5 Å². The standard InChI is InChI=1S/C8H7N.C4H10O2S.FH/c9-7-6-8-4-2-1-3-5-8;1-3-7(5,6)4-2;/h1-5H,6H2;3-4H2,1-2H3;1H. The average molecular weight is 259 g/mol. The van der Waals surface area contributed by atoms with Crippen molar-refractivity contribution in [2.45, 2.75) is 20.3 Å². The lowest BCUT2D eigenvalue weighted by atomic mass is 10.2. The Balaban J connectivity index is 0. The number of nitrogens with zero attached hydrogens (tertiary/aromatic N) is 1. The Labute approximate surface area is 102 Å². The van der Waals surface area contributed by atoms with E-state index < -0.39 is 9.84 Å². The largest absolute Gasteiger partial charge is 0.269 e. The molecule has 0 radical (unpaired) electrons. The predicted octanol–water partition coefficient (Wildman–Crippen LogP) is 2.35. The van der Waals surface area contributed by atoms with Gasteiger partial charge in [-0.3, -0.25) is 4.70 Å². The predicted molar refractivity (Wildman–Crippen MR) is 68.3 cm³/mol. The van der Waals surface area contributed by atoms with Crippen LogP contribution in [0.2, 0.25) is 0 Å². The molecule has 0 aliphatic heterocycles. The lowest BCUT2D eigenvalue weighted by Crippen LogP contribution is -2.04. The molecule has 0 N–H and O–H groups in total. The molecule has 0 amide bonds. The van der Waals surface area contributed by atoms with Crippen LogP contribution in [0, 0.1) is 11.3 Å². The molecule has 1 aromatic carbocycles. The lowest BCUT2D eigenvalue weighted by molar-refractivity contribution is 0.598. The van der Waals surface area contributed by atoms with Gasteiger partial charge in [0, 0.05) is 11.5 Å². The summed E-state index contributed by atoms with van der Waals surface area (Å²) in [7, 11) is -2.66. The van der Waals surface area contributed by atoms with Gasteiger partial charge in [0.1, 0.15) is 9.84 Å². The zero-order valence-corrected chi connectivity index (χ0v) is 10.9. The van der Waals surface area contributed by atoms with Gasteiger partial charge in [-0.1, -0.05) is 44.2 Å². The average Bonchev–Trinajstić information content (AvgIpc) is 2.32. The molecule has 17 heavy (non-hydrogen) atoms. The summed E-state index contributed by atoms with van der Waals surface area (Å²) in [6.07, 6.45) is 0.515. The van der Waals surface area contributed by atoms with E-state index >= 15 is 0 Å². The van der Waals surface area contributed by atoms with E-state index in [1.807, 2.05) is 30.3 Å². The molecule has 0 heterocycles. The van der Waals surface area contributed by atoms with E-state index in [1.165, 1.54) is 0 Å². The molecule has 0 unspecified atom stereocenters. The van der Waals surface area contributed by atoms with Crippen LogP contribution < -0.4 is 0 Å². The number of hydrogen-bond donors (Lipinski definition) is 0. The van der Waals surface area contributed by atoms with Crippen molar-refractivity contribution in [3.63, 3.8) is 0 Å². The van der Waals surface area contributed by atoms with Gasteiger partial charge < -0.3 is 0 Å². The maximum absolute atomic E-state index is 10.4. The third-order valence-electron chi connectivity index (χ3n) is 2.01. The monoisotopic (exact) mass is 259 g/mol. The Hall–Kier alpha value is -1.41. The van der Waals surface area contributed by atoms with Crippen molar-refractivity contribution in [1.29, 1.82) is 5.26 Å². The first kappa shape index (κ1) is 18.0. The van der Waals surface area contributed by atoms with Gasteiger partial charge in [0.15, 0.2) is 0 Å². The van der Waals surface area contributed by atoms with Gasteiger partial charge in [0.2, 0.25) is 0 Å². The van der Waals surface area contributed by atoms with Crippen LogP contribution in [0.1, 0.15) is 19.4 Å². The Kier molecular flexibility index (Phi) is 10.3. The van der Waals surface area contributed by atoms with Gasteiger partial charge in [-0.15, -0.1) is 0 Å². The number of halogens is 1. The first-order chi connectivity index (χ1) is 7.55. The van der Waals surface area contributed by atoms with Crippen LogP contribution in [0.4, 0.5) is 4.70 Å². The minimum Gasteiger partial charge on any atom is -0.269 e. The molecular weight excluding hydrogens is 241 g/mol. The first-order valence-corrected chi connectivity index (χ1v) is 6.99. The number of hydrogen-bond acceptors (Lipinski definition) is 3. The molecule has 5 heteroatoms. The number of nitriles is 1. The van der Waals surface area contributed by atoms with Crippen molar-refractivity contribution in [2.75, 3.05) is 11.5 Å². The highest BCUT2D eigenvalue weighted by atomic mass is 32.2. The van der Waals surface area contributed by atoms with Crippen LogP contribution in [0.3, 0.4) is 0 Å².